The third-order valence-electron chi connectivity index (χ3n) is 6.59. The van der Waals surface area contributed by atoms with Crippen molar-refractivity contribution in [1.29, 1.82) is 0 Å². The molecular weight excluding hydrogens is 336 g/mol. The fourth-order valence-electron chi connectivity index (χ4n) is 5.01. The predicted molar refractivity (Wildman–Crippen MR) is 113 cm³/mol. The molecule has 5 atom stereocenters. The Balaban J connectivity index is 2.81. The zero-order valence-electron chi connectivity index (χ0n) is 19.0. The highest BCUT2D eigenvalue weighted by atomic mass is 16.5. The van der Waals surface area contributed by atoms with Crippen molar-refractivity contribution < 1.29 is 14.6 Å². The second-order valence-electron chi connectivity index (χ2n) is 10.3. The lowest BCUT2D eigenvalue weighted by molar-refractivity contribution is -0.159. The fourth-order valence-corrected chi connectivity index (χ4v) is 5.01. The number of esters is 1. The molecule has 1 rings (SSSR count). The van der Waals surface area contributed by atoms with Crippen molar-refractivity contribution in [2.45, 2.75) is 93.6 Å². The lowest BCUT2D eigenvalue weighted by atomic mass is 9.59. The number of rotatable bonds is 10. The van der Waals surface area contributed by atoms with Gasteiger partial charge in [0.25, 0.3) is 0 Å². The van der Waals surface area contributed by atoms with E-state index in [1.807, 2.05) is 13.8 Å². The SMILES string of the molecule is CCCCCC1C=CC(C(C)(C)CC(C)(C)C(=O)OCC(C)O)C(C)C1C. The molecule has 27 heavy (non-hydrogen) atoms. The van der Waals surface area contributed by atoms with Gasteiger partial charge in [-0.1, -0.05) is 66.0 Å². The highest BCUT2D eigenvalue weighted by Gasteiger charge is 2.43. The summed E-state index contributed by atoms with van der Waals surface area (Å²) in [5.41, 5.74) is -0.556. The third-order valence-corrected chi connectivity index (χ3v) is 6.59. The number of hydrogen-bond donors (Lipinski definition) is 1. The van der Waals surface area contributed by atoms with Gasteiger partial charge in [-0.05, 0) is 62.7 Å². The molecule has 1 aliphatic carbocycles. The maximum Gasteiger partial charge on any atom is 0.311 e. The zero-order chi connectivity index (χ0) is 20.8. The molecule has 0 saturated carbocycles. The van der Waals surface area contributed by atoms with Crippen LogP contribution in [-0.2, 0) is 9.53 Å². The average molecular weight is 381 g/mol. The van der Waals surface area contributed by atoms with Crippen LogP contribution in [0.4, 0.5) is 0 Å². The van der Waals surface area contributed by atoms with E-state index in [2.05, 4.69) is 46.8 Å². The molecule has 0 fully saturated rings. The molecule has 0 bridgehead atoms. The van der Waals surface area contributed by atoms with Gasteiger partial charge in [-0.25, -0.2) is 0 Å². The van der Waals surface area contributed by atoms with E-state index in [0.29, 0.717) is 23.7 Å². The predicted octanol–water partition coefficient (Wildman–Crippen LogP) is 6.01. The van der Waals surface area contributed by atoms with Gasteiger partial charge < -0.3 is 9.84 Å². The number of unbranched alkanes of at least 4 members (excludes halogenated alkanes) is 2. The van der Waals surface area contributed by atoms with Crippen LogP contribution in [0.2, 0.25) is 0 Å². The van der Waals surface area contributed by atoms with Gasteiger partial charge in [-0.3, -0.25) is 4.79 Å². The molecule has 0 aromatic heterocycles. The second-order valence-corrected chi connectivity index (χ2v) is 10.3. The Morgan fingerprint density at radius 3 is 2.30 bits per heavy atom. The molecule has 5 unspecified atom stereocenters. The van der Waals surface area contributed by atoms with Gasteiger partial charge in [-0.2, -0.15) is 0 Å². The normalized spacial score (nSPS) is 27.4. The van der Waals surface area contributed by atoms with Crippen LogP contribution in [0, 0.1) is 34.5 Å². The van der Waals surface area contributed by atoms with E-state index in [4.69, 9.17) is 4.74 Å². The average Bonchev–Trinajstić information content (AvgIpc) is 2.55. The Labute approximate surface area is 168 Å². The minimum absolute atomic E-state index is 0.00587. The summed E-state index contributed by atoms with van der Waals surface area (Å²) in [5.74, 6) is 2.19. The number of aliphatic hydroxyl groups excluding tert-OH is 1. The van der Waals surface area contributed by atoms with Gasteiger partial charge in [0, 0.05) is 0 Å². The highest BCUT2D eigenvalue weighted by molar-refractivity contribution is 5.76. The highest BCUT2D eigenvalue weighted by Crippen LogP contribution is 2.49. The smallest absolute Gasteiger partial charge is 0.311 e. The van der Waals surface area contributed by atoms with E-state index >= 15 is 0 Å². The zero-order valence-corrected chi connectivity index (χ0v) is 19.0. The Kier molecular flexibility index (Phi) is 9.05. The topological polar surface area (TPSA) is 46.5 Å². The Morgan fingerprint density at radius 2 is 1.74 bits per heavy atom. The summed E-state index contributed by atoms with van der Waals surface area (Å²) < 4.78 is 5.31. The van der Waals surface area contributed by atoms with Crippen molar-refractivity contribution in [3.8, 4) is 0 Å². The Hall–Kier alpha value is -0.830. The molecule has 3 nitrogen and oxygen atoms in total. The molecule has 0 amide bonds. The number of carbonyl (C=O) groups excluding carboxylic acids is 1. The molecule has 1 aliphatic rings. The molecule has 0 aromatic carbocycles. The van der Waals surface area contributed by atoms with Crippen LogP contribution < -0.4 is 0 Å². The molecule has 0 heterocycles. The summed E-state index contributed by atoms with van der Waals surface area (Å²) in [6.45, 7) is 17.2. The first-order valence-electron chi connectivity index (χ1n) is 11.0. The number of ether oxygens (including phenoxy) is 1. The number of allylic oxidation sites excluding steroid dienone is 2. The van der Waals surface area contributed by atoms with E-state index in [9.17, 15) is 9.90 Å². The van der Waals surface area contributed by atoms with Crippen LogP contribution in [0.1, 0.15) is 87.5 Å². The van der Waals surface area contributed by atoms with Crippen LogP contribution >= 0.6 is 0 Å². The van der Waals surface area contributed by atoms with Crippen LogP contribution in [0.15, 0.2) is 12.2 Å². The van der Waals surface area contributed by atoms with Crippen molar-refractivity contribution in [3.63, 3.8) is 0 Å². The number of carbonyl (C=O) groups is 1. The van der Waals surface area contributed by atoms with Crippen LogP contribution in [-0.4, -0.2) is 23.8 Å². The van der Waals surface area contributed by atoms with E-state index in [0.717, 1.165) is 6.42 Å². The molecule has 1 N–H and O–H groups in total. The van der Waals surface area contributed by atoms with Gasteiger partial charge in [0.1, 0.15) is 6.61 Å². The summed E-state index contributed by atoms with van der Waals surface area (Å²) in [4.78, 5) is 12.5. The van der Waals surface area contributed by atoms with Gasteiger partial charge in [0.2, 0.25) is 0 Å². The van der Waals surface area contributed by atoms with Crippen molar-refractivity contribution in [3.05, 3.63) is 12.2 Å². The van der Waals surface area contributed by atoms with E-state index < -0.39 is 11.5 Å². The standard InChI is InChI=1S/C24H44O3/c1-9-10-11-12-20-13-14-21(19(4)18(20)3)23(5,6)16-24(7,8)22(26)27-15-17(2)25/h13-14,17-21,25H,9-12,15-16H2,1-8H3. The molecule has 158 valence electrons. The largest absolute Gasteiger partial charge is 0.463 e. The first kappa shape index (κ1) is 24.2. The monoisotopic (exact) mass is 380 g/mol. The first-order chi connectivity index (χ1) is 12.4. The van der Waals surface area contributed by atoms with Gasteiger partial charge in [-0.15, -0.1) is 0 Å². The summed E-state index contributed by atoms with van der Waals surface area (Å²) in [6, 6.07) is 0. The first-order valence-corrected chi connectivity index (χ1v) is 11.0. The Morgan fingerprint density at radius 1 is 1.11 bits per heavy atom. The lowest BCUT2D eigenvalue weighted by Crippen LogP contribution is -2.41. The molecule has 0 spiro atoms. The van der Waals surface area contributed by atoms with E-state index in [1.165, 1.54) is 25.7 Å². The van der Waals surface area contributed by atoms with Crippen LogP contribution in [0.3, 0.4) is 0 Å². The lowest BCUT2D eigenvalue weighted by Gasteiger charge is -2.46. The van der Waals surface area contributed by atoms with Crippen LogP contribution in [0.5, 0.6) is 0 Å². The van der Waals surface area contributed by atoms with Gasteiger partial charge >= 0.3 is 5.97 Å². The second kappa shape index (κ2) is 10.1. The fraction of sp³-hybridized carbons (Fsp3) is 0.875. The van der Waals surface area contributed by atoms with Crippen LogP contribution in [0.25, 0.3) is 0 Å². The molecule has 0 aromatic rings. The summed E-state index contributed by atoms with van der Waals surface area (Å²) >= 11 is 0. The van der Waals surface area contributed by atoms with E-state index in [1.54, 1.807) is 6.92 Å². The van der Waals surface area contributed by atoms with Crippen molar-refractivity contribution in [2.75, 3.05) is 6.61 Å². The van der Waals surface area contributed by atoms with Crippen molar-refractivity contribution in [1.82, 2.24) is 0 Å². The van der Waals surface area contributed by atoms with E-state index in [-0.39, 0.29) is 18.0 Å². The summed E-state index contributed by atoms with van der Waals surface area (Å²) in [7, 11) is 0. The number of hydrogen-bond acceptors (Lipinski definition) is 3. The minimum Gasteiger partial charge on any atom is -0.463 e. The van der Waals surface area contributed by atoms with Crippen molar-refractivity contribution >= 4 is 5.97 Å². The quantitative estimate of drug-likeness (QED) is 0.287. The van der Waals surface area contributed by atoms with Crippen molar-refractivity contribution in [2.24, 2.45) is 34.5 Å². The Bertz CT molecular complexity index is 490. The van der Waals surface area contributed by atoms with Gasteiger partial charge in [0.15, 0.2) is 0 Å². The maximum atomic E-state index is 12.5. The molecular formula is C24H44O3. The molecule has 3 heteroatoms. The minimum atomic E-state index is -0.621. The molecule has 0 saturated heterocycles. The maximum absolute atomic E-state index is 12.5. The summed E-state index contributed by atoms with van der Waals surface area (Å²) in [5, 5.41) is 9.38. The van der Waals surface area contributed by atoms with Gasteiger partial charge in [0.05, 0.1) is 11.5 Å². The summed E-state index contributed by atoms with van der Waals surface area (Å²) in [6.07, 6.45) is 10.2. The molecule has 0 radical (unpaired) electrons. The number of aliphatic hydroxyl groups is 1. The third kappa shape index (κ3) is 6.93. The molecule has 0 aliphatic heterocycles.